The molecule has 1 unspecified atom stereocenters. The maximum atomic E-state index is 12.8. The first-order valence-corrected chi connectivity index (χ1v) is 16.0. The molecule has 0 spiro atoms. The van der Waals surface area contributed by atoms with Crippen molar-refractivity contribution in [1.82, 2.24) is 20.1 Å². The molecular weight excluding hydrogens is 504 g/mol. The summed E-state index contributed by atoms with van der Waals surface area (Å²) in [4.78, 5) is 7.80. The summed E-state index contributed by atoms with van der Waals surface area (Å²) < 4.78 is 25.6. The molecule has 7 rings (SSSR count). The lowest BCUT2D eigenvalue weighted by Gasteiger charge is -2.38. The van der Waals surface area contributed by atoms with Crippen LogP contribution in [0.4, 0.5) is 0 Å². The fourth-order valence-corrected chi connectivity index (χ4v) is 8.60. The number of aryl methyl sites for hydroxylation is 2. The number of pyridine rings is 1. The highest BCUT2D eigenvalue weighted by Gasteiger charge is 2.35. The van der Waals surface area contributed by atoms with Crippen LogP contribution in [0.25, 0.3) is 33.4 Å². The van der Waals surface area contributed by atoms with Crippen LogP contribution in [0.5, 0.6) is 0 Å². The van der Waals surface area contributed by atoms with Gasteiger partial charge in [-0.1, -0.05) is 36.8 Å². The zero-order chi connectivity index (χ0) is 26.6. The fourth-order valence-electron chi connectivity index (χ4n) is 6.75. The van der Waals surface area contributed by atoms with Crippen molar-refractivity contribution >= 4 is 20.9 Å². The topological polar surface area (TPSA) is 79.0 Å². The number of fused-ring (bicyclic) bond motifs is 2. The van der Waals surface area contributed by atoms with E-state index >= 15 is 0 Å². The monoisotopic (exact) mass is 540 g/mol. The lowest BCUT2D eigenvalue weighted by molar-refractivity contribution is 0.118. The van der Waals surface area contributed by atoms with E-state index in [1.807, 2.05) is 18.3 Å². The van der Waals surface area contributed by atoms with E-state index in [0.717, 1.165) is 54.3 Å². The predicted molar refractivity (Wildman–Crippen MR) is 155 cm³/mol. The maximum absolute atomic E-state index is 12.8. The molecule has 1 saturated heterocycles. The van der Waals surface area contributed by atoms with Gasteiger partial charge in [0.15, 0.2) is 15.5 Å². The Kier molecular flexibility index (Phi) is 6.12. The molecule has 39 heavy (non-hydrogen) atoms. The van der Waals surface area contributed by atoms with Crippen LogP contribution >= 0.6 is 0 Å². The van der Waals surface area contributed by atoms with E-state index in [2.05, 4.69) is 51.3 Å². The Hall–Kier alpha value is -3.03. The third kappa shape index (κ3) is 4.40. The third-order valence-electron chi connectivity index (χ3n) is 9.65. The number of hydrogen-bond acceptors (Lipinski definition) is 5. The summed E-state index contributed by atoms with van der Waals surface area (Å²) in [6.07, 6.45) is 11.8. The number of likely N-dealkylation sites (tertiary alicyclic amines) is 1. The van der Waals surface area contributed by atoms with Gasteiger partial charge in [0.05, 0.1) is 15.8 Å². The van der Waals surface area contributed by atoms with Crippen molar-refractivity contribution in [2.24, 2.45) is 0 Å². The Morgan fingerprint density at radius 2 is 1.59 bits per heavy atom. The minimum atomic E-state index is -3.24. The van der Waals surface area contributed by atoms with Gasteiger partial charge in [-0.25, -0.2) is 13.4 Å². The molecule has 1 aliphatic heterocycles. The second kappa shape index (κ2) is 9.56. The van der Waals surface area contributed by atoms with Crippen molar-refractivity contribution < 1.29 is 8.42 Å². The van der Waals surface area contributed by atoms with E-state index in [1.165, 1.54) is 55.5 Å². The Morgan fingerprint density at radius 1 is 0.872 bits per heavy atom. The van der Waals surface area contributed by atoms with Gasteiger partial charge in [0.1, 0.15) is 0 Å². The van der Waals surface area contributed by atoms with Crippen LogP contribution in [0.2, 0.25) is 0 Å². The summed E-state index contributed by atoms with van der Waals surface area (Å²) in [5, 5.41) is 8.29. The zero-order valence-electron chi connectivity index (χ0n) is 22.6. The molecule has 1 atom stereocenters. The first-order chi connectivity index (χ1) is 18.9. The van der Waals surface area contributed by atoms with Gasteiger partial charge in [-0.05, 0) is 106 Å². The predicted octanol–water partition coefficient (Wildman–Crippen LogP) is 6.35. The summed E-state index contributed by atoms with van der Waals surface area (Å²) in [5.41, 5.74) is 7.94. The van der Waals surface area contributed by atoms with Gasteiger partial charge < -0.3 is 0 Å². The van der Waals surface area contributed by atoms with Crippen LogP contribution in [0.3, 0.4) is 0 Å². The molecule has 3 aliphatic rings. The number of H-pyrrole nitrogens is 1. The van der Waals surface area contributed by atoms with Crippen molar-refractivity contribution in [3.8, 4) is 22.4 Å². The maximum Gasteiger partial charge on any atom is 0.181 e. The number of aromatic nitrogens is 3. The van der Waals surface area contributed by atoms with Crippen molar-refractivity contribution in [1.29, 1.82) is 0 Å². The molecule has 2 aromatic heterocycles. The van der Waals surface area contributed by atoms with E-state index in [0.29, 0.717) is 16.1 Å². The van der Waals surface area contributed by atoms with Gasteiger partial charge in [0.2, 0.25) is 0 Å². The van der Waals surface area contributed by atoms with Crippen LogP contribution in [0, 0.1) is 0 Å². The number of hydrogen-bond donors (Lipinski definition) is 1. The van der Waals surface area contributed by atoms with Gasteiger partial charge in [-0.3, -0.25) is 10.00 Å². The Morgan fingerprint density at radius 3 is 2.31 bits per heavy atom. The molecule has 0 radical (unpaired) electrons. The van der Waals surface area contributed by atoms with Gasteiger partial charge in [-0.2, -0.15) is 5.10 Å². The average Bonchev–Trinajstić information content (AvgIpc) is 3.57. The second-order valence-electron chi connectivity index (χ2n) is 12.0. The number of sulfone groups is 1. The van der Waals surface area contributed by atoms with Crippen LogP contribution in [-0.2, 0) is 22.7 Å². The van der Waals surface area contributed by atoms with Crippen molar-refractivity contribution in [3.63, 3.8) is 0 Å². The minimum Gasteiger partial charge on any atom is -0.298 e. The van der Waals surface area contributed by atoms with Crippen molar-refractivity contribution in [3.05, 3.63) is 65.9 Å². The molecule has 2 fully saturated rings. The van der Waals surface area contributed by atoms with Crippen molar-refractivity contribution in [2.75, 3.05) is 13.1 Å². The molecule has 1 saturated carbocycles. The molecular formula is C32H36N4O2S. The molecule has 2 aromatic carbocycles. The average molecular weight is 541 g/mol. The second-order valence-corrected chi connectivity index (χ2v) is 14.2. The Labute approximate surface area is 230 Å². The SMILES string of the molecule is CC1(N2CCCC2)CCc2ccc(-c3cnc4n[nH]c(-c5ccc(S(=O)(=O)C6CCC6)cc5)c4c3)cc2CC1. The number of rotatable bonds is 5. The molecule has 202 valence electrons. The normalized spacial score (nSPS) is 22.5. The number of benzene rings is 2. The Balaban J connectivity index is 1.17. The lowest BCUT2D eigenvalue weighted by atomic mass is 9.90. The molecule has 1 N–H and O–H groups in total. The smallest absolute Gasteiger partial charge is 0.181 e. The van der Waals surface area contributed by atoms with Gasteiger partial charge in [0, 0.05) is 28.2 Å². The van der Waals surface area contributed by atoms with E-state index in [9.17, 15) is 8.42 Å². The van der Waals surface area contributed by atoms with E-state index < -0.39 is 9.84 Å². The fraction of sp³-hybridized carbons (Fsp3) is 0.438. The third-order valence-corrected chi connectivity index (χ3v) is 11.9. The highest BCUT2D eigenvalue weighted by molar-refractivity contribution is 7.92. The molecule has 2 aliphatic carbocycles. The molecule has 0 bridgehead atoms. The molecule has 4 aromatic rings. The van der Waals surface area contributed by atoms with E-state index in [1.54, 1.807) is 12.1 Å². The lowest BCUT2D eigenvalue weighted by Crippen LogP contribution is -2.44. The van der Waals surface area contributed by atoms with E-state index in [-0.39, 0.29) is 5.25 Å². The Bertz CT molecular complexity index is 1630. The molecule has 7 heteroatoms. The van der Waals surface area contributed by atoms with Crippen LogP contribution in [0.15, 0.2) is 59.6 Å². The van der Waals surface area contributed by atoms with Gasteiger partial charge >= 0.3 is 0 Å². The summed E-state index contributed by atoms with van der Waals surface area (Å²) in [6.45, 7) is 4.96. The van der Waals surface area contributed by atoms with Gasteiger partial charge in [-0.15, -0.1) is 0 Å². The van der Waals surface area contributed by atoms with Crippen LogP contribution in [-0.4, -0.2) is 52.4 Å². The summed E-state index contributed by atoms with van der Waals surface area (Å²) in [7, 11) is -3.24. The number of nitrogens with zero attached hydrogens (tertiary/aromatic N) is 3. The summed E-state index contributed by atoms with van der Waals surface area (Å²) in [6, 6.07) is 16.3. The first-order valence-electron chi connectivity index (χ1n) is 14.5. The molecule has 6 nitrogen and oxygen atoms in total. The zero-order valence-corrected chi connectivity index (χ0v) is 23.4. The molecule has 3 heterocycles. The number of aromatic amines is 1. The summed E-state index contributed by atoms with van der Waals surface area (Å²) >= 11 is 0. The highest BCUT2D eigenvalue weighted by atomic mass is 32.2. The largest absolute Gasteiger partial charge is 0.298 e. The van der Waals surface area contributed by atoms with Gasteiger partial charge in [0.25, 0.3) is 0 Å². The minimum absolute atomic E-state index is 0.224. The standard InChI is InChI=1S/C32H36N4O2S/c1-32(36-17-2-3-18-36)15-13-22-7-8-24(19-25(22)14-16-32)26-20-29-30(34-35-31(29)33-21-26)23-9-11-28(12-10-23)39(37,38)27-5-4-6-27/h7-12,19-21,27H,2-6,13-18H2,1H3,(H,33,34,35). The summed E-state index contributed by atoms with van der Waals surface area (Å²) in [5.74, 6) is 0. The first kappa shape index (κ1) is 25.0. The van der Waals surface area contributed by atoms with E-state index in [4.69, 9.17) is 0 Å². The number of nitrogens with one attached hydrogen (secondary N) is 1. The van der Waals surface area contributed by atoms with Crippen molar-refractivity contribution in [2.45, 2.75) is 80.4 Å². The quantitative estimate of drug-likeness (QED) is 0.298. The molecule has 0 amide bonds. The van der Waals surface area contributed by atoms with Crippen LogP contribution < -0.4 is 0 Å². The highest BCUT2D eigenvalue weighted by Crippen LogP contribution is 2.37. The van der Waals surface area contributed by atoms with Crippen LogP contribution in [0.1, 0.15) is 63.0 Å².